The molecular weight excluding hydrogens is 1390 g/mol. The van der Waals surface area contributed by atoms with Crippen LogP contribution in [0.15, 0.2) is 270 Å². The molecule has 0 spiro atoms. The highest BCUT2D eigenvalue weighted by Crippen LogP contribution is 2.45. The van der Waals surface area contributed by atoms with Crippen LogP contribution in [0.3, 0.4) is 0 Å². The molecule has 7 heterocycles. The van der Waals surface area contributed by atoms with Gasteiger partial charge in [-0.15, -0.1) is 0 Å². The summed E-state index contributed by atoms with van der Waals surface area (Å²) in [5.74, 6) is -6.09. The van der Waals surface area contributed by atoms with E-state index in [9.17, 15) is 19.2 Å². The number of ether oxygens (including phenoxy) is 4. The van der Waals surface area contributed by atoms with E-state index in [1.165, 1.54) is 0 Å². The van der Waals surface area contributed by atoms with Crippen molar-refractivity contribution in [3.05, 3.63) is 338 Å². The topological polar surface area (TPSA) is 274 Å². The second-order valence-corrected chi connectivity index (χ2v) is 27.4. The molecule has 110 heavy (non-hydrogen) atoms. The Kier molecular flexibility index (Phi) is 20.1. The van der Waals surface area contributed by atoms with Crippen molar-refractivity contribution in [3.63, 3.8) is 0 Å². The maximum atomic E-state index is 15.2. The lowest BCUT2D eigenvalue weighted by Crippen LogP contribution is -2.46. The van der Waals surface area contributed by atoms with E-state index in [2.05, 4.69) is 31.6 Å². The third kappa shape index (κ3) is 14.0. The van der Waals surface area contributed by atoms with E-state index < -0.39 is 70.3 Å². The monoisotopic (exact) mass is 1460 g/mol. The minimum absolute atomic E-state index is 0.0513. The summed E-state index contributed by atoms with van der Waals surface area (Å²) in [6.07, 6.45) is 10.7. The third-order valence-corrected chi connectivity index (χ3v) is 20.4. The van der Waals surface area contributed by atoms with Crippen molar-refractivity contribution in [1.29, 1.82) is 0 Å². The number of aliphatic imine (C=N–C) groups is 2. The predicted molar refractivity (Wildman–Crippen MR) is 421 cm³/mol. The summed E-state index contributed by atoms with van der Waals surface area (Å²) < 4.78 is 22.9. The van der Waals surface area contributed by atoms with Gasteiger partial charge in [0.25, 0.3) is 23.6 Å². The quantitative estimate of drug-likeness (QED) is 0.0470. The van der Waals surface area contributed by atoms with Gasteiger partial charge in [0.15, 0.2) is 10.8 Å². The Hall–Kier alpha value is -13.6. The van der Waals surface area contributed by atoms with E-state index in [4.69, 9.17) is 28.9 Å². The number of H-pyrrole nitrogens is 1. The number of fused-ring (bicyclic) bond motifs is 20. The summed E-state index contributed by atoms with van der Waals surface area (Å²) in [6.45, 7) is 6.39. The normalized spacial score (nSPS) is 18.2. The second-order valence-electron chi connectivity index (χ2n) is 27.4. The molecule has 0 saturated carbocycles. The van der Waals surface area contributed by atoms with Crippen LogP contribution in [0.4, 0.5) is 22.7 Å². The standard InChI is InChI=1S/C90H76N8O12/c1-5-107-85(103)89(86(104)108-6-2)49-53-21-17-25-57(45-53)81(99)95-65-33-13-9-29-61(65)77-69-37-38-70(91-69)78(62-30-10-14-34-66(62)96-82(100)58-26-18-22-54(46-58)50-89)74-42-44-76(94-74)80-64-32-12-16-36-68(64)98-84(102)60-28-20-24-56(48-60)52-90(87(105)109-7-3,88(106)110-8-4)51-55-23-19-27-59(47-55)83(101)97-67-35-15-11-31-63(67)79(71-39-40-72(80)92-71)75-43-41-73(77)93-75/h9-48,69,77,91-92H,5-8,49-52H2,1-4H3,(H,95,99)(H,96,100)(H,97,101)(H,98,102)/b78-70-,79-75?,80-76?. The molecule has 6 N–H and O–H groups in total. The number of nitrogens with one attached hydrogen (secondary N) is 6. The summed E-state index contributed by atoms with van der Waals surface area (Å²) in [6, 6.07) is 59.6. The Morgan fingerprint density at radius 1 is 0.391 bits per heavy atom. The van der Waals surface area contributed by atoms with Gasteiger partial charge in [-0.05, 0) is 197 Å². The molecule has 0 radical (unpaired) electrons. The molecule has 9 aromatic rings. The first-order chi connectivity index (χ1) is 53.5. The minimum Gasteiger partial charge on any atom is -0.465 e. The summed E-state index contributed by atoms with van der Waals surface area (Å²) in [4.78, 5) is 134. The Morgan fingerprint density at radius 2 is 0.755 bits per heavy atom. The van der Waals surface area contributed by atoms with Crippen molar-refractivity contribution in [3.8, 4) is 0 Å². The second kappa shape index (κ2) is 30.7. The van der Waals surface area contributed by atoms with Crippen LogP contribution in [-0.4, -0.2) is 96.4 Å². The molecule has 20 nitrogen and oxygen atoms in total. The Bertz CT molecular complexity index is 5550. The lowest BCUT2D eigenvalue weighted by Gasteiger charge is -2.30. The molecule has 1 aromatic heterocycles. The molecule has 0 saturated heterocycles. The van der Waals surface area contributed by atoms with E-state index >= 15 is 19.2 Å². The van der Waals surface area contributed by atoms with Crippen molar-refractivity contribution in [2.75, 3.05) is 47.7 Å². The summed E-state index contributed by atoms with van der Waals surface area (Å²) in [5, 5.41) is 16.8. The largest absolute Gasteiger partial charge is 0.465 e. The van der Waals surface area contributed by atoms with Gasteiger partial charge in [-0.2, -0.15) is 0 Å². The average Bonchev–Trinajstić information content (AvgIpc) is 1.47. The first-order valence-electron chi connectivity index (χ1n) is 36.6. The molecule has 15 rings (SSSR count). The zero-order valence-corrected chi connectivity index (χ0v) is 60.7. The lowest BCUT2D eigenvalue weighted by molar-refractivity contribution is -0.173. The van der Waals surface area contributed by atoms with Gasteiger partial charge in [0.2, 0.25) is 0 Å². The van der Waals surface area contributed by atoms with Gasteiger partial charge < -0.3 is 50.5 Å². The molecule has 4 amide bonds. The maximum Gasteiger partial charge on any atom is 0.324 e. The van der Waals surface area contributed by atoms with E-state index in [0.717, 1.165) is 0 Å². The molecule has 2 unspecified atom stereocenters. The number of carbonyl (C=O) groups excluding carboxylic acids is 8. The van der Waals surface area contributed by atoms with Crippen molar-refractivity contribution in [2.45, 2.75) is 65.3 Å². The van der Waals surface area contributed by atoms with Gasteiger partial charge in [0, 0.05) is 95.5 Å². The highest BCUT2D eigenvalue weighted by atomic mass is 16.6. The number of rotatable bonds is 8. The molecule has 2 atom stereocenters. The van der Waals surface area contributed by atoms with Gasteiger partial charge in [-0.1, -0.05) is 127 Å². The fourth-order valence-corrected chi connectivity index (χ4v) is 15.4. The number of anilines is 4. The van der Waals surface area contributed by atoms with Gasteiger partial charge in [-0.3, -0.25) is 43.3 Å². The third-order valence-electron chi connectivity index (χ3n) is 20.4. The number of nitrogens with zero attached hydrogens (tertiary/aromatic N) is 2. The summed E-state index contributed by atoms with van der Waals surface area (Å²) in [7, 11) is 0. The van der Waals surface area contributed by atoms with Gasteiger partial charge in [0.1, 0.15) is 0 Å². The van der Waals surface area contributed by atoms with Crippen molar-refractivity contribution in [1.82, 2.24) is 10.3 Å². The number of benzene rings is 8. The fourth-order valence-electron chi connectivity index (χ4n) is 15.4. The lowest BCUT2D eigenvalue weighted by atomic mass is 9.76. The Balaban J connectivity index is 0.976. The number of para-hydroxylation sites is 4. The first kappa shape index (κ1) is 72.0. The Morgan fingerprint density at radius 3 is 1.17 bits per heavy atom. The zero-order valence-electron chi connectivity index (χ0n) is 60.7. The average molecular weight is 1460 g/mol. The van der Waals surface area contributed by atoms with Crippen LogP contribution < -0.4 is 26.6 Å². The van der Waals surface area contributed by atoms with Crippen molar-refractivity contribution >= 4 is 98.4 Å². The van der Waals surface area contributed by atoms with Crippen LogP contribution in [0.5, 0.6) is 0 Å². The number of aromatic amines is 1. The summed E-state index contributed by atoms with van der Waals surface area (Å²) in [5.41, 5.74) is 7.99. The fraction of sp³-hybridized carbons (Fsp3) is 0.178. The van der Waals surface area contributed by atoms with Gasteiger partial charge >= 0.3 is 23.9 Å². The van der Waals surface area contributed by atoms with Gasteiger partial charge in [-0.25, -0.2) is 4.99 Å². The van der Waals surface area contributed by atoms with E-state index in [1.807, 2.05) is 127 Å². The molecule has 0 aliphatic carbocycles. The molecule has 0 fully saturated rings. The van der Waals surface area contributed by atoms with Crippen LogP contribution in [0.2, 0.25) is 0 Å². The molecule has 20 heteroatoms. The Labute approximate surface area is 634 Å². The van der Waals surface area contributed by atoms with E-state index in [0.29, 0.717) is 124 Å². The number of carbonyl (C=O) groups is 8. The van der Waals surface area contributed by atoms with Crippen LogP contribution in [0.1, 0.15) is 131 Å². The minimum atomic E-state index is -1.99. The van der Waals surface area contributed by atoms with Crippen LogP contribution in [0, 0.1) is 10.8 Å². The van der Waals surface area contributed by atoms with Crippen LogP contribution >= 0.6 is 0 Å². The summed E-state index contributed by atoms with van der Waals surface area (Å²) >= 11 is 0. The zero-order chi connectivity index (χ0) is 76.2. The molecular formula is C90H76N8O12. The number of aromatic nitrogens is 1. The number of amides is 4. The first-order valence-corrected chi connectivity index (χ1v) is 36.6. The maximum absolute atomic E-state index is 15.2. The number of hydrogen-bond acceptors (Lipinski definition) is 15. The van der Waals surface area contributed by atoms with Crippen molar-refractivity contribution < 1.29 is 57.3 Å². The van der Waals surface area contributed by atoms with Crippen LogP contribution in [-0.2, 0) is 63.8 Å². The highest BCUT2D eigenvalue weighted by molar-refractivity contribution is 6.33. The smallest absolute Gasteiger partial charge is 0.324 e. The van der Waals surface area contributed by atoms with Crippen LogP contribution in [0.25, 0.3) is 16.7 Å². The predicted octanol–water partition coefficient (Wildman–Crippen LogP) is 14.7. The van der Waals surface area contributed by atoms with Gasteiger partial charge in [0.05, 0.1) is 61.2 Å². The van der Waals surface area contributed by atoms with E-state index in [1.54, 1.807) is 143 Å². The molecule has 8 aromatic carbocycles. The molecule has 6 aliphatic rings. The number of allylic oxidation sites excluding steroid dienone is 6. The number of hydrogen-bond donors (Lipinski definition) is 6. The number of esters is 4. The van der Waals surface area contributed by atoms with Crippen molar-refractivity contribution in [2.24, 2.45) is 20.8 Å². The SMILES string of the molecule is CCOC(=O)C1(C(=O)OCC)Cc2cccc(c2)C(=O)Nc2ccccc2C2=C3C=CC(=N3)/C3=C4/C=CC(N4)C(C4=NC(=C(c5ccc2[nH]5)c2ccccc2NC(=O)c2cccc(c2)C1)C=C4)c1ccccc1NC(=O)c1cccc(c1)CC(C(=O)OCC)(C(=O)OCC)Cc1cccc(c1)C(=O)Nc1ccccc13. The highest BCUT2D eigenvalue weighted by Gasteiger charge is 2.51. The molecule has 20 bridgehead atoms. The van der Waals surface area contributed by atoms with E-state index in [-0.39, 0.29) is 74.4 Å². The molecule has 6 aliphatic heterocycles. The molecule has 548 valence electrons.